The van der Waals surface area contributed by atoms with E-state index in [-0.39, 0.29) is 0 Å². The van der Waals surface area contributed by atoms with Gasteiger partial charge in [-0.15, -0.1) is 0 Å². The van der Waals surface area contributed by atoms with E-state index in [4.69, 9.17) is 9.97 Å². The number of aromatic nitrogens is 6. The maximum Gasteiger partial charge on any atom is 0.237 e. The minimum Gasteiger partial charge on any atom is -0.309 e. The minimum absolute atomic E-state index is 0.598. The van der Waals surface area contributed by atoms with Crippen molar-refractivity contribution in [3.05, 3.63) is 315 Å². The van der Waals surface area contributed by atoms with Crippen molar-refractivity contribution in [1.29, 1.82) is 0 Å². The zero-order valence-electron chi connectivity index (χ0n) is 47.7. The summed E-state index contributed by atoms with van der Waals surface area (Å²) in [6, 6.07) is 114. The Morgan fingerprint density at radius 1 is 0.182 bits per heavy atom. The minimum atomic E-state index is 0.598. The summed E-state index contributed by atoms with van der Waals surface area (Å²) in [4.78, 5) is 11.1. The lowest BCUT2D eigenvalue weighted by molar-refractivity contribution is 0.952. The van der Waals surface area contributed by atoms with Crippen molar-refractivity contribution < 1.29 is 0 Å². The van der Waals surface area contributed by atoms with E-state index in [1.54, 1.807) is 0 Å². The lowest BCUT2D eigenvalue weighted by atomic mass is 9.99. The summed E-state index contributed by atoms with van der Waals surface area (Å²) in [5.41, 5.74) is 22.4. The maximum atomic E-state index is 5.65. The van der Waals surface area contributed by atoms with E-state index >= 15 is 0 Å². The molecule has 18 rings (SSSR count). The number of benzene rings is 13. The molecule has 0 aliphatic carbocycles. The van der Waals surface area contributed by atoms with Crippen LogP contribution in [0.3, 0.4) is 0 Å². The van der Waals surface area contributed by atoms with Crippen LogP contribution < -0.4 is 0 Å². The molecule has 0 aliphatic rings. The number of fused-ring (bicyclic) bond motifs is 12. The van der Waals surface area contributed by atoms with Gasteiger partial charge in [-0.05, 0) is 154 Å². The highest BCUT2D eigenvalue weighted by Crippen LogP contribution is 2.43. The van der Waals surface area contributed by atoms with Gasteiger partial charge < -0.3 is 9.13 Å². The highest BCUT2D eigenvalue weighted by atomic mass is 15.2. The summed E-state index contributed by atoms with van der Waals surface area (Å²) in [5, 5.41) is 9.42. The number of para-hydroxylation sites is 4. The smallest absolute Gasteiger partial charge is 0.237 e. The second-order valence-electron chi connectivity index (χ2n) is 22.9. The van der Waals surface area contributed by atoms with E-state index < -0.39 is 0 Å². The van der Waals surface area contributed by atoms with Gasteiger partial charge in [0.25, 0.3) is 0 Å². The lowest BCUT2D eigenvalue weighted by Gasteiger charge is -2.14. The van der Waals surface area contributed by atoms with Crippen molar-refractivity contribution in [3.8, 4) is 78.9 Å². The van der Waals surface area contributed by atoms with Crippen LogP contribution >= 0.6 is 0 Å². The van der Waals surface area contributed by atoms with Crippen LogP contribution in [0.1, 0.15) is 0 Å². The molecule has 0 atom stereocenters. The molecule has 6 heteroatoms. The SMILES string of the molecule is c1ccc(-c2ccc3c(c2)c2cc(-c4ccc5c(c4)c4ccccc4n5-c4cc(-c5ccccc5)nc(-n5c6ccccc6c6cc(-c7ccc8c(c7)c7cc(-c9ccccc9)ccc7n8-c7ccccc7)ccc65)n4)ccc2n3-c2ccccc2)cc1. The topological polar surface area (TPSA) is 45.5 Å². The Morgan fingerprint density at radius 3 is 0.864 bits per heavy atom. The molecule has 0 N–H and O–H groups in total. The molecule has 0 bridgehead atoms. The Kier molecular flexibility index (Phi) is 11.2. The van der Waals surface area contributed by atoms with Crippen molar-refractivity contribution in [2.75, 3.05) is 0 Å². The number of hydrogen-bond acceptors (Lipinski definition) is 2. The molecule has 5 heterocycles. The lowest BCUT2D eigenvalue weighted by Crippen LogP contribution is -2.07. The molecule has 410 valence electrons. The van der Waals surface area contributed by atoms with Gasteiger partial charge in [0.05, 0.1) is 49.8 Å². The Balaban J connectivity index is 0.788. The van der Waals surface area contributed by atoms with Crippen LogP contribution in [0.5, 0.6) is 0 Å². The maximum absolute atomic E-state index is 5.65. The van der Waals surface area contributed by atoms with Gasteiger partial charge in [0.2, 0.25) is 5.95 Å². The summed E-state index contributed by atoms with van der Waals surface area (Å²) < 4.78 is 9.37. The number of rotatable bonds is 9. The number of hydrogen-bond donors (Lipinski definition) is 0. The second-order valence-corrected chi connectivity index (χ2v) is 22.9. The van der Waals surface area contributed by atoms with Crippen molar-refractivity contribution in [1.82, 2.24) is 28.2 Å². The first kappa shape index (κ1) is 49.6. The fourth-order valence-corrected chi connectivity index (χ4v) is 13.9. The second kappa shape index (κ2) is 19.9. The molecule has 18 aromatic rings. The van der Waals surface area contributed by atoms with E-state index in [1.165, 1.54) is 65.9 Å². The molecule has 5 aromatic heterocycles. The highest BCUT2D eigenvalue weighted by molar-refractivity contribution is 6.15. The standard InChI is InChI=1S/C82H52N6/c1-6-20-53(21-7-1)56-34-40-75-68(46-56)70-50-60(36-42-77(70)85(75)62-26-12-4-13-27-62)58-38-44-79-66(48-58)64-30-16-18-32-73(64)87(79)81-52-72(55-24-10-3-11-25-55)83-82(84-81)88-74-33-19-17-31-65(74)67-49-59(39-45-80(67)88)61-37-43-78-71(51-61)69-47-57(54-22-8-2-9-23-54)35-41-76(69)86(78)63-28-14-5-15-29-63/h1-52H. The summed E-state index contributed by atoms with van der Waals surface area (Å²) in [6.45, 7) is 0. The molecular formula is C82H52N6. The summed E-state index contributed by atoms with van der Waals surface area (Å²) in [7, 11) is 0. The summed E-state index contributed by atoms with van der Waals surface area (Å²) in [6.07, 6.45) is 0. The normalized spacial score (nSPS) is 11.9. The van der Waals surface area contributed by atoms with Crippen LogP contribution in [0.15, 0.2) is 315 Å². The fraction of sp³-hybridized carbons (Fsp3) is 0. The van der Waals surface area contributed by atoms with Gasteiger partial charge in [0, 0.05) is 66.1 Å². The van der Waals surface area contributed by atoms with Gasteiger partial charge in [-0.2, -0.15) is 4.98 Å². The van der Waals surface area contributed by atoms with E-state index in [9.17, 15) is 0 Å². The molecule has 0 saturated carbocycles. The largest absolute Gasteiger partial charge is 0.309 e. The van der Waals surface area contributed by atoms with Gasteiger partial charge in [-0.3, -0.25) is 9.13 Å². The first-order chi connectivity index (χ1) is 43.6. The molecule has 0 radical (unpaired) electrons. The van der Waals surface area contributed by atoms with Gasteiger partial charge >= 0.3 is 0 Å². The average Bonchev–Trinajstić information content (AvgIpc) is 2.23. The fourth-order valence-electron chi connectivity index (χ4n) is 13.9. The Hall–Kier alpha value is -11.9. The van der Waals surface area contributed by atoms with Gasteiger partial charge in [-0.25, -0.2) is 4.98 Å². The van der Waals surface area contributed by atoms with E-state index in [1.807, 2.05) is 0 Å². The van der Waals surface area contributed by atoms with Crippen molar-refractivity contribution in [2.45, 2.75) is 0 Å². The first-order valence-corrected chi connectivity index (χ1v) is 30.0. The molecule has 0 aliphatic heterocycles. The zero-order chi connectivity index (χ0) is 57.8. The van der Waals surface area contributed by atoms with Gasteiger partial charge in [0.1, 0.15) is 5.82 Å². The molecular weight excluding hydrogens is 1070 g/mol. The van der Waals surface area contributed by atoms with E-state index in [2.05, 4.69) is 334 Å². The van der Waals surface area contributed by atoms with Crippen LogP contribution in [0, 0.1) is 0 Å². The molecule has 0 spiro atoms. The molecule has 0 fully saturated rings. The molecule has 0 amide bonds. The predicted octanol–water partition coefficient (Wildman–Crippen LogP) is 21.2. The van der Waals surface area contributed by atoms with Crippen molar-refractivity contribution >= 4 is 87.2 Å². The first-order valence-electron chi connectivity index (χ1n) is 30.0. The van der Waals surface area contributed by atoms with E-state index in [0.717, 1.165) is 94.3 Å². The Labute approximate surface area is 507 Å². The van der Waals surface area contributed by atoms with Crippen molar-refractivity contribution in [3.63, 3.8) is 0 Å². The molecule has 6 nitrogen and oxygen atoms in total. The van der Waals surface area contributed by atoms with Crippen LogP contribution in [0.25, 0.3) is 166 Å². The third-order valence-corrected chi connectivity index (χ3v) is 18.0. The van der Waals surface area contributed by atoms with Gasteiger partial charge in [0.15, 0.2) is 0 Å². The number of nitrogens with zero attached hydrogens (tertiary/aromatic N) is 6. The quantitative estimate of drug-likeness (QED) is 0.145. The van der Waals surface area contributed by atoms with Gasteiger partial charge in [-0.1, -0.05) is 200 Å². The van der Waals surface area contributed by atoms with Crippen LogP contribution in [-0.2, 0) is 0 Å². The summed E-state index contributed by atoms with van der Waals surface area (Å²) in [5.74, 6) is 1.38. The predicted molar refractivity (Wildman–Crippen MR) is 367 cm³/mol. The molecule has 88 heavy (non-hydrogen) atoms. The van der Waals surface area contributed by atoms with Crippen molar-refractivity contribution in [2.24, 2.45) is 0 Å². The Bertz CT molecular complexity index is 5440. The average molecular weight is 1120 g/mol. The van der Waals surface area contributed by atoms with Crippen LogP contribution in [0.4, 0.5) is 0 Å². The molecule has 13 aromatic carbocycles. The van der Waals surface area contributed by atoms with Crippen LogP contribution in [0.2, 0.25) is 0 Å². The highest BCUT2D eigenvalue weighted by Gasteiger charge is 2.23. The summed E-state index contributed by atoms with van der Waals surface area (Å²) >= 11 is 0. The molecule has 0 saturated heterocycles. The third kappa shape index (κ3) is 7.89. The zero-order valence-corrected chi connectivity index (χ0v) is 47.7. The molecule has 0 unspecified atom stereocenters. The van der Waals surface area contributed by atoms with E-state index in [0.29, 0.717) is 5.95 Å². The van der Waals surface area contributed by atoms with Crippen LogP contribution in [-0.4, -0.2) is 28.2 Å². The Morgan fingerprint density at radius 2 is 0.466 bits per heavy atom. The monoisotopic (exact) mass is 1120 g/mol. The third-order valence-electron chi connectivity index (χ3n) is 18.0.